The van der Waals surface area contributed by atoms with Crippen LogP contribution in [0.4, 0.5) is 0 Å². The Balaban J connectivity index is 2.08. The van der Waals surface area contributed by atoms with E-state index in [1.54, 1.807) is 0 Å². The molecule has 2 aromatic carbocycles. The van der Waals surface area contributed by atoms with Crippen LogP contribution in [0, 0.1) is 0 Å². The van der Waals surface area contributed by atoms with Crippen molar-refractivity contribution in [2.45, 2.75) is 19.5 Å². The minimum atomic E-state index is 0.117. The van der Waals surface area contributed by atoms with Crippen molar-refractivity contribution in [2.75, 3.05) is 0 Å². The number of oxime groups is 1. The van der Waals surface area contributed by atoms with Gasteiger partial charge in [0.2, 0.25) is 0 Å². The molecule has 0 radical (unpaired) electrons. The van der Waals surface area contributed by atoms with Crippen LogP contribution in [-0.2, 0) is 6.54 Å². The summed E-state index contributed by atoms with van der Waals surface area (Å²) in [6.45, 7) is 2.70. The number of rotatable bonds is 5. The predicted octanol–water partition coefficient (Wildman–Crippen LogP) is 3.29. The topological polar surface area (TPSA) is 70.6 Å². The molecule has 5 heteroatoms. The highest BCUT2D eigenvalue weighted by molar-refractivity contribution is 6.30. The van der Waals surface area contributed by atoms with Gasteiger partial charge in [0.15, 0.2) is 5.84 Å². The average molecular weight is 304 g/mol. The van der Waals surface area contributed by atoms with Crippen molar-refractivity contribution >= 4 is 17.4 Å². The normalized spacial score (nSPS) is 13.1. The molecule has 2 aromatic rings. The third kappa shape index (κ3) is 3.97. The Morgan fingerprint density at radius 1 is 1.24 bits per heavy atom. The lowest BCUT2D eigenvalue weighted by molar-refractivity contribution is 0.318. The number of nitrogens with one attached hydrogen (secondary N) is 1. The first-order valence-electron chi connectivity index (χ1n) is 6.66. The molecule has 1 atom stereocenters. The summed E-state index contributed by atoms with van der Waals surface area (Å²) in [6.07, 6.45) is 0. The van der Waals surface area contributed by atoms with Crippen LogP contribution in [0.2, 0.25) is 5.02 Å². The lowest BCUT2D eigenvalue weighted by atomic mass is 10.0. The van der Waals surface area contributed by atoms with E-state index >= 15 is 0 Å². The number of amidine groups is 1. The van der Waals surface area contributed by atoms with E-state index in [9.17, 15) is 0 Å². The molecular formula is C16H18ClN3O. The van der Waals surface area contributed by atoms with Crippen LogP contribution in [-0.4, -0.2) is 11.0 Å². The molecule has 110 valence electrons. The molecular weight excluding hydrogens is 286 g/mol. The van der Waals surface area contributed by atoms with Crippen LogP contribution in [0.25, 0.3) is 0 Å². The van der Waals surface area contributed by atoms with E-state index in [2.05, 4.69) is 17.4 Å². The van der Waals surface area contributed by atoms with Gasteiger partial charge in [0.05, 0.1) is 0 Å². The molecule has 0 aliphatic carbocycles. The first-order chi connectivity index (χ1) is 10.1. The molecule has 4 nitrogen and oxygen atoms in total. The summed E-state index contributed by atoms with van der Waals surface area (Å²) in [6, 6.07) is 15.5. The van der Waals surface area contributed by atoms with Gasteiger partial charge >= 0.3 is 0 Å². The van der Waals surface area contributed by atoms with Crippen molar-refractivity contribution in [3.8, 4) is 0 Å². The fourth-order valence-corrected chi connectivity index (χ4v) is 2.24. The van der Waals surface area contributed by atoms with E-state index < -0.39 is 0 Å². The summed E-state index contributed by atoms with van der Waals surface area (Å²) < 4.78 is 0. The smallest absolute Gasteiger partial charge is 0.170 e. The quantitative estimate of drug-likeness (QED) is 0.343. The SMILES string of the molecule is CC(NCc1ccccc1C(N)=NO)c1ccc(Cl)cc1. The molecule has 0 bridgehead atoms. The van der Waals surface area contributed by atoms with Gasteiger partial charge in [-0.25, -0.2) is 0 Å². The standard InChI is InChI=1S/C16H18ClN3O/c1-11(12-6-8-14(17)9-7-12)19-10-13-4-2-3-5-15(13)16(18)20-21/h2-9,11,19,21H,10H2,1H3,(H2,18,20). The molecule has 1 unspecified atom stereocenters. The van der Waals surface area contributed by atoms with Crippen LogP contribution < -0.4 is 11.1 Å². The van der Waals surface area contributed by atoms with Gasteiger partial charge < -0.3 is 16.3 Å². The number of halogens is 1. The van der Waals surface area contributed by atoms with Crippen molar-refractivity contribution in [3.05, 3.63) is 70.2 Å². The van der Waals surface area contributed by atoms with Crippen molar-refractivity contribution < 1.29 is 5.21 Å². The maximum atomic E-state index is 8.82. The molecule has 0 heterocycles. The molecule has 0 aliphatic rings. The van der Waals surface area contributed by atoms with E-state index in [0.717, 1.165) is 21.7 Å². The first kappa shape index (κ1) is 15.4. The second-order valence-electron chi connectivity index (χ2n) is 4.80. The Labute approximate surface area is 129 Å². The number of hydrogen-bond donors (Lipinski definition) is 3. The zero-order valence-corrected chi connectivity index (χ0v) is 12.5. The lowest BCUT2D eigenvalue weighted by Crippen LogP contribution is -2.22. The highest BCUT2D eigenvalue weighted by atomic mass is 35.5. The Hall–Kier alpha value is -2.04. The van der Waals surface area contributed by atoms with E-state index in [1.807, 2.05) is 48.5 Å². The van der Waals surface area contributed by atoms with Crippen molar-refractivity contribution in [2.24, 2.45) is 10.9 Å². The Morgan fingerprint density at radius 3 is 2.57 bits per heavy atom. The third-order valence-electron chi connectivity index (χ3n) is 3.37. The lowest BCUT2D eigenvalue weighted by Gasteiger charge is -2.16. The number of benzene rings is 2. The van der Waals surface area contributed by atoms with Crippen LogP contribution in [0.1, 0.15) is 29.7 Å². The van der Waals surface area contributed by atoms with Gasteiger partial charge in [0, 0.05) is 23.2 Å². The highest BCUT2D eigenvalue weighted by Crippen LogP contribution is 2.17. The molecule has 0 saturated heterocycles. The van der Waals surface area contributed by atoms with Crippen molar-refractivity contribution in [1.82, 2.24) is 5.32 Å². The summed E-state index contributed by atoms with van der Waals surface area (Å²) in [5, 5.41) is 16.0. The first-order valence-corrected chi connectivity index (χ1v) is 7.04. The largest absolute Gasteiger partial charge is 0.409 e. The molecule has 0 spiro atoms. The summed E-state index contributed by atoms with van der Waals surface area (Å²) in [5.41, 5.74) is 8.55. The third-order valence-corrected chi connectivity index (χ3v) is 3.62. The maximum Gasteiger partial charge on any atom is 0.170 e. The fraction of sp³-hybridized carbons (Fsp3) is 0.188. The van der Waals surface area contributed by atoms with Crippen LogP contribution >= 0.6 is 11.6 Å². The van der Waals surface area contributed by atoms with E-state index in [0.29, 0.717) is 6.54 Å². The Morgan fingerprint density at radius 2 is 1.90 bits per heavy atom. The molecule has 2 rings (SSSR count). The van der Waals surface area contributed by atoms with Gasteiger partial charge in [-0.2, -0.15) is 0 Å². The molecule has 21 heavy (non-hydrogen) atoms. The average Bonchev–Trinajstić information content (AvgIpc) is 2.52. The summed E-state index contributed by atoms with van der Waals surface area (Å²) in [7, 11) is 0. The van der Waals surface area contributed by atoms with E-state index in [1.165, 1.54) is 0 Å². The van der Waals surface area contributed by atoms with E-state index in [-0.39, 0.29) is 11.9 Å². The number of nitrogens with two attached hydrogens (primary N) is 1. The van der Waals surface area contributed by atoms with Crippen LogP contribution in [0.15, 0.2) is 53.7 Å². The van der Waals surface area contributed by atoms with E-state index in [4.69, 9.17) is 22.5 Å². The zero-order chi connectivity index (χ0) is 15.2. The monoisotopic (exact) mass is 303 g/mol. The summed E-state index contributed by atoms with van der Waals surface area (Å²) in [5.74, 6) is 0.117. The molecule has 0 aromatic heterocycles. The van der Waals surface area contributed by atoms with Gasteiger partial charge in [-0.1, -0.05) is 53.2 Å². The number of hydrogen-bond acceptors (Lipinski definition) is 3. The maximum absolute atomic E-state index is 8.82. The minimum absolute atomic E-state index is 0.117. The predicted molar refractivity (Wildman–Crippen MR) is 85.7 cm³/mol. The van der Waals surface area contributed by atoms with Crippen molar-refractivity contribution in [1.29, 1.82) is 0 Å². The highest BCUT2D eigenvalue weighted by Gasteiger charge is 2.09. The number of nitrogens with zero attached hydrogens (tertiary/aromatic N) is 1. The second-order valence-corrected chi connectivity index (χ2v) is 5.23. The molecule has 0 fully saturated rings. The van der Waals surface area contributed by atoms with Gasteiger partial charge in [-0.15, -0.1) is 0 Å². The summed E-state index contributed by atoms with van der Waals surface area (Å²) in [4.78, 5) is 0. The second kappa shape index (κ2) is 7.11. The van der Waals surface area contributed by atoms with Gasteiger partial charge in [-0.05, 0) is 30.2 Å². The molecule has 4 N–H and O–H groups in total. The van der Waals surface area contributed by atoms with Gasteiger partial charge in [-0.3, -0.25) is 0 Å². The molecule has 0 saturated carbocycles. The van der Waals surface area contributed by atoms with Crippen molar-refractivity contribution in [3.63, 3.8) is 0 Å². The Kier molecular flexibility index (Phi) is 5.20. The fourth-order valence-electron chi connectivity index (χ4n) is 2.11. The molecule has 0 aliphatic heterocycles. The van der Waals surface area contributed by atoms with Gasteiger partial charge in [0.1, 0.15) is 0 Å². The Bertz CT molecular complexity index is 626. The minimum Gasteiger partial charge on any atom is -0.409 e. The molecule has 0 amide bonds. The zero-order valence-electron chi connectivity index (χ0n) is 11.8. The van der Waals surface area contributed by atoms with Gasteiger partial charge in [0.25, 0.3) is 0 Å². The van der Waals surface area contributed by atoms with Crippen LogP contribution in [0.3, 0.4) is 0 Å². The summed E-state index contributed by atoms with van der Waals surface area (Å²) >= 11 is 5.89. The van der Waals surface area contributed by atoms with Crippen LogP contribution in [0.5, 0.6) is 0 Å².